The number of hydrogen-bond donors (Lipinski definition) is 2. The quantitative estimate of drug-likeness (QED) is 0.852. The lowest BCUT2D eigenvalue weighted by Gasteiger charge is -2.27. The van der Waals surface area contributed by atoms with Gasteiger partial charge < -0.3 is 10.4 Å². The lowest BCUT2D eigenvalue weighted by molar-refractivity contribution is 0.229. The molecular formula is C13H19NO3S. The van der Waals surface area contributed by atoms with Gasteiger partial charge in [-0.1, -0.05) is 30.3 Å². The fraction of sp³-hybridized carbons (Fsp3) is 0.538. The zero-order valence-electron chi connectivity index (χ0n) is 10.2. The zero-order chi connectivity index (χ0) is 13.0. The maximum atomic E-state index is 11.3. The second-order valence-corrected chi connectivity index (χ2v) is 7.04. The van der Waals surface area contributed by atoms with Crippen LogP contribution in [0.15, 0.2) is 30.3 Å². The Morgan fingerprint density at radius 3 is 2.39 bits per heavy atom. The van der Waals surface area contributed by atoms with Gasteiger partial charge in [-0.3, -0.25) is 0 Å². The fourth-order valence-electron chi connectivity index (χ4n) is 2.28. The highest BCUT2D eigenvalue weighted by Crippen LogP contribution is 2.18. The number of rotatable bonds is 4. The van der Waals surface area contributed by atoms with Crippen molar-refractivity contribution in [1.29, 1.82) is 0 Å². The van der Waals surface area contributed by atoms with Gasteiger partial charge >= 0.3 is 0 Å². The van der Waals surface area contributed by atoms with E-state index in [4.69, 9.17) is 0 Å². The van der Waals surface area contributed by atoms with Crippen molar-refractivity contribution >= 4 is 9.84 Å². The molecule has 2 rings (SSSR count). The van der Waals surface area contributed by atoms with Crippen LogP contribution in [0.4, 0.5) is 0 Å². The van der Waals surface area contributed by atoms with Crippen LogP contribution >= 0.6 is 0 Å². The van der Waals surface area contributed by atoms with E-state index in [-0.39, 0.29) is 30.2 Å². The van der Waals surface area contributed by atoms with Crippen molar-refractivity contribution in [1.82, 2.24) is 5.32 Å². The highest BCUT2D eigenvalue weighted by Gasteiger charge is 2.25. The first-order valence-corrected chi connectivity index (χ1v) is 8.05. The number of sulfone groups is 1. The fourth-order valence-corrected chi connectivity index (χ4v) is 3.77. The second-order valence-electron chi connectivity index (χ2n) is 4.74. The monoisotopic (exact) mass is 269 g/mol. The standard InChI is InChI=1S/C13H19NO3S/c15-10-13(11-4-2-1-3-5-11)14-12-6-8-18(16,17)9-7-12/h1-5,12-15H,6-10H2. The molecule has 1 unspecified atom stereocenters. The van der Waals surface area contributed by atoms with E-state index in [0.29, 0.717) is 12.8 Å². The summed E-state index contributed by atoms with van der Waals surface area (Å²) in [5.74, 6) is 0.495. The molecule has 1 heterocycles. The van der Waals surface area contributed by atoms with Crippen LogP contribution in [0.3, 0.4) is 0 Å². The third-order valence-electron chi connectivity index (χ3n) is 3.38. The molecule has 0 saturated carbocycles. The average Bonchev–Trinajstić information content (AvgIpc) is 2.39. The molecule has 0 spiro atoms. The summed E-state index contributed by atoms with van der Waals surface area (Å²) < 4.78 is 22.7. The van der Waals surface area contributed by atoms with Gasteiger partial charge in [-0.2, -0.15) is 0 Å². The van der Waals surface area contributed by atoms with Crippen molar-refractivity contribution in [3.8, 4) is 0 Å². The molecule has 1 fully saturated rings. The summed E-state index contributed by atoms with van der Waals surface area (Å²) in [6.45, 7) is 0.0211. The number of aliphatic hydroxyl groups excluding tert-OH is 1. The topological polar surface area (TPSA) is 66.4 Å². The van der Waals surface area contributed by atoms with Crippen molar-refractivity contribution in [3.63, 3.8) is 0 Å². The molecule has 4 nitrogen and oxygen atoms in total. The Morgan fingerprint density at radius 2 is 1.83 bits per heavy atom. The Hall–Kier alpha value is -0.910. The van der Waals surface area contributed by atoms with Crippen molar-refractivity contribution in [2.24, 2.45) is 0 Å². The van der Waals surface area contributed by atoms with Gasteiger partial charge in [-0.25, -0.2) is 8.42 Å². The van der Waals surface area contributed by atoms with Crippen LogP contribution < -0.4 is 5.32 Å². The number of hydrogen-bond acceptors (Lipinski definition) is 4. The molecule has 2 N–H and O–H groups in total. The van der Waals surface area contributed by atoms with Crippen molar-refractivity contribution in [2.45, 2.75) is 24.9 Å². The number of aliphatic hydroxyl groups is 1. The molecule has 0 amide bonds. The summed E-state index contributed by atoms with van der Waals surface area (Å²) in [7, 11) is -2.83. The minimum Gasteiger partial charge on any atom is -0.394 e. The maximum Gasteiger partial charge on any atom is 0.150 e. The number of benzene rings is 1. The lowest BCUT2D eigenvalue weighted by atomic mass is 10.0. The van der Waals surface area contributed by atoms with E-state index in [9.17, 15) is 13.5 Å². The molecule has 0 radical (unpaired) electrons. The zero-order valence-corrected chi connectivity index (χ0v) is 11.1. The molecule has 5 heteroatoms. The summed E-state index contributed by atoms with van der Waals surface area (Å²) in [4.78, 5) is 0. The van der Waals surface area contributed by atoms with E-state index in [1.54, 1.807) is 0 Å². The molecule has 0 aliphatic carbocycles. The van der Waals surface area contributed by atoms with Gasteiger partial charge in [0.05, 0.1) is 24.2 Å². The van der Waals surface area contributed by atoms with Gasteiger partial charge in [0, 0.05) is 6.04 Å². The van der Waals surface area contributed by atoms with Gasteiger partial charge in [-0.05, 0) is 18.4 Å². The first-order chi connectivity index (χ1) is 8.61. The molecule has 100 valence electrons. The van der Waals surface area contributed by atoms with Crippen LogP contribution in [0.25, 0.3) is 0 Å². The van der Waals surface area contributed by atoms with Crippen molar-refractivity contribution < 1.29 is 13.5 Å². The van der Waals surface area contributed by atoms with Crippen LogP contribution in [-0.4, -0.2) is 37.7 Å². The Labute approximate surface area is 108 Å². The highest BCUT2D eigenvalue weighted by atomic mass is 32.2. The summed E-state index contributed by atoms with van der Waals surface area (Å²) in [6, 6.07) is 9.80. The summed E-state index contributed by atoms with van der Waals surface area (Å²) in [5.41, 5.74) is 1.04. The van der Waals surface area contributed by atoms with Crippen LogP contribution in [-0.2, 0) is 9.84 Å². The SMILES string of the molecule is O=S1(=O)CCC(NC(CO)c2ccccc2)CC1. The minimum atomic E-state index is -2.83. The molecule has 1 saturated heterocycles. The van der Waals surface area contributed by atoms with Gasteiger partial charge in [-0.15, -0.1) is 0 Å². The van der Waals surface area contributed by atoms with E-state index >= 15 is 0 Å². The average molecular weight is 269 g/mol. The number of nitrogens with one attached hydrogen (secondary N) is 1. The van der Waals surface area contributed by atoms with E-state index in [1.165, 1.54) is 0 Å². The normalized spacial score (nSPS) is 21.6. The third-order valence-corrected chi connectivity index (χ3v) is 5.09. The predicted octanol–water partition coefficient (Wildman–Crippen LogP) is 0.887. The molecule has 1 aliphatic rings. The van der Waals surface area contributed by atoms with E-state index < -0.39 is 9.84 Å². The lowest BCUT2D eigenvalue weighted by Crippen LogP contribution is -2.40. The molecule has 1 aromatic carbocycles. The first kappa shape index (κ1) is 13.5. The Morgan fingerprint density at radius 1 is 1.22 bits per heavy atom. The van der Waals surface area contributed by atoms with Crippen LogP contribution in [0.1, 0.15) is 24.4 Å². The predicted molar refractivity (Wildman–Crippen MR) is 71.1 cm³/mol. The summed E-state index contributed by atoms with van der Waals surface area (Å²) in [6.07, 6.45) is 1.26. The van der Waals surface area contributed by atoms with Crippen molar-refractivity contribution in [3.05, 3.63) is 35.9 Å². The Kier molecular flexibility index (Phi) is 4.37. The van der Waals surface area contributed by atoms with Crippen LogP contribution in [0, 0.1) is 0 Å². The first-order valence-electron chi connectivity index (χ1n) is 6.23. The smallest absolute Gasteiger partial charge is 0.150 e. The summed E-state index contributed by atoms with van der Waals surface area (Å²) in [5, 5.41) is 12.8. The molecule has 18 heavy (non-hydrogen) atoms. The minimum absolute atomic E-state index is 0.0211. The highest BCUT2D eigenvalue weighted by molar-refractivity contribution is 7.91. The van der Waals surface area contributed by atoms with Gasteiger partial charge in [0.2, 0.25) is 0 Å². The third kappa shape index (κ3) is 3.54. The van der Waals surface area contributed by atoms with E-state index in [2.05, 4.69) is 5.32 Å². The largest absolute Gasteiger partial charge is 0.394 e. The molecular weight excluding hydrogens is 250 g/mol. The molecule has 1 atom stereocenters. The molecule has 0 aromatic heterocycles. The second kappa shape index (κ2) is 5.82. The van der Waals surface area contributed by atoms with Crippen molar-refractivity contribution in [2.75, 3.05) is 18.1 Å². The van der Waals surface area contributed by atoms with E-state index in [0.717, 1.165) is 5.56 Å². The van der Waals surface area contributed by atoms with Gasteiger partial charge in [0.25, 0.3) is 0 Å². The van der Waals surface area contributed by atoms with Gasteiger partial charge in [0.1, 0.15) is 9.84 Å². The van der Waals surface area contributed by atoms with E-state index in [1.807, 2.05) is 30.3 Å². The Bertz CT molecular complexity index is 458. The van der Waals surface area contributed by atoms with Crippen LogP contribution in [0.5, 0.6) is 0 Å². The van der Waals surface area contributed by atoms with Crippen LogP contribution in [0.2, 0.25) is 0 Å². The Balaban J connectivity index is 1.96. The molecule has 1 aliphatic heterocycles. The van der Waals surface area contributed by atoms with Gasteiger partial charge in [0.15, 0.2) is 0 Å². The maximum absolute atomic E-state index is 11.3. The molecule has 1 aromatic rings. The summed E-state index contributed by atoms with van der Waals surface area (Å²) >= 11 is 0. The molecule has 0 bridgehead atoms.